The number of rotatable bonds is 5. The molecule has 6 heterocycles. The van der Waals surface area contributed by atoms with Crippen molar-refractivity contribution in [2.75, 3.05) is 25.4 Å². The lowest BCUT2D eigenvalue weighted by Gasteiger charge is -2.32. The quantitative estimate of drug-likeness (QED) is 0.282. The molecule has 0 radical (unpaired) electrons. The maximum absolute atomic E-state index is 12.3. The average Bonchev–Trinajstić information content (AvgIpc) is 3.68. The molecule has 5 aromatic rings. The first-order valence-electron chi connectivity index (χ1n) is 12.7. The Kier molecular flexibility index (Phi) is 6.64. The van der Waals surface area contributed by atoms with Crippen molar-refractivity contribution in [1.29, 1.82) is 0 Å². The zero-order valence-corrected chi connectivity index (χ0v) is 22.5. The molecule has 0 atom stereocenters. The number of pyridine rings is 2. The summed E-state index contributed by atoms with van der Waals surface area (Å²) in [6.45, 7) is 1.68. The predicted molar refractivity (Wildman–Crippen MR) is 145 cm³/mol. The highest BCUT2D eigenvalue weighted by Gasteiger charge is 2.41. The Morgan fingerprint density at radius 1 is 1.20 bits per heavy atom. The highest BCUT2D eigenvalue weighted by molar-refractivity contribution is 7.19. The molecule has 0 spiro atoms. The highest BCUT2D eigenvalue weighted by atomic mass is 32.1. The van der Waals surface area contributed by atoms with Crippen LogP contribution >= 0.6 is 11.3 Å². The van der Waals surface area contributed by atoms with Gasteiger partial charge in [0.05, 0.1) is 16.9 Å². The summed E-state index contributed by atoms with van der Waals surface area (Å²) < 4.78 is 50.2. The van der Waals surface area contributed by atoms with Gasteiger partial charge in [-0.15, -0.1) is 11.3 Å². The van der Waals surface area contributed by atoms with Crippen LogP contribution < -0.4 is 5.73 Å². The number of ether oxygens (including phenoxy) is 1. The summed E-state index contributed by atoms with van der Waals surface area (Å²) >= 11 is 1.64. The number of hydrogen-bond donors (Lipinski definition) is 1. The van der Waals surface area contributed by atoms with Crippen molar-refractivity contribution >= 4 is 50.1 Å². The van der Waals surface area contributed by atoms with Crippen LogP contribution in [-0.4, -0.2) is 62.4 Å². The second-order valence-electron chi connectivity index (χ2n) is 9.71. The van der Waals surface area contributed by atoms with Gasteiger partial charge in [-0.1, -0.05) is 0 Å². The van der Waals surface area contributed by atoms with Crippen LogP contribution in [-0.2, 0) is 14.3 Å². The number of nitrogens with two attached hydrogens (primary N) is 1. The number of thiophene rings is 1. The molecule has 0 bridgehead atoms. The van der Waals surface area contributed by atoms with Gasteiger partial charge in [0, 0.05) is 70.2 Å². The van der Waals surface area contributed by atoms with E-state index in [2.05, 4.69) is 19.8 Å². The van der Waals surface area contributed by atoms with Crippen molar-refractivity contribution in [1.82, 2.24) is 24.6 Å². The molecule has 0 unspecified atom stereocenters. The molecule has 1 aliphatic heterocycles. The molecular weight excluding hydrogens is 561 g/mol. The maximum atomic E-state index is 12.3. The average molecular weight is 585 g/mol. The smallest absolute Gasteiger partial charge is 0.452 e. The molecule has 1 amide bonds. The van der Waals surface area contributed by atoms with Gasteiger partial charge >= 0.3 is 12.1 Å². The highest BCUT2D eigenvalue weighted by Crippen LogP contribution is 2.42. The van der Waals surface area contributed by atoms with Crippen molar-refractivity contribution in [3.05, 3.63) is 48.0 Å². The monoisotopic (exact) mass is 584 g/mol. The number of furan rings is 1. The molecule has 0 aliphatic carbocycles. The van der Waals surface area contributed by atoms with Gasteiger partial charge in [0.15, 0.2) is 18.0 Å². The van der Waals surface area contributed by atoms with Crippen LogP contribution in [0.3, 0.4) is 0 Å². The van der Waals surface area contributed by atoms with E-state index in [0.717, 1.165) is 37.0 Å². The zero-order valence-electron chi connectivity index (χ0n) is 21.6. The van der Waals surface area contributed by atoms with E-state index >= 15 is 0 Å². The van der Waals surface area contributed by atoms with Crippen LogP contribution in [0.25, 0.3) is 43.5 Å². The lowest BCUT2D eigenvalue weighted by molar-refractivity contribution is -0.200. The number of amides is 1. The third-order valence-corrected chi connectivity index (χ3v) is 8.22. The molecule has 1 aliphatic rings. The molecule has 14 heteroatoms. The van der Waals surface area contributed by atoms with Gasteiger partial charge in [0.25, 0.3) is 5.91 Å². The molecular formula is C27H23F3N6O4S. The number of nitrogens with zero attached hydrogens (tertiary/aromatic N) is 5. The number of carbonyl (C=O) groups excluding carboxylic acids is 2. The Balaban J connectivity index is 1.20. The van der Waals surface area contributed by atoms with E-state index in [1.54, 1.807) is 29.9 Å². The Hall–Kier alpha value is -4.46. The number of aryl methyl sites for hydroxylation is 1. The van der Waals surface area contributed by atoms with E-state index in [1.807, 2.05) is 36.1 Å². The fourth-order valence-corrected chi connectivity index (χ4v) is 6.17. The Labute approximate surface area is 234 Å². The number of piperidine rings is 1. The van der Waals surface area contributed by atoms with E-state index in [1.165, 1.54) is 4.90 Å². The van der Waals surface area contributed by atoms with Crippen LogP contribution in [0, 0.1) is 6.92 Å². The van der Waals surface area contributed by atoms with E-state index < -0.39 is 24.7 Å². The first kappa shape index (κ1) is 26.7. The van der Waals surface area contributed by atoms with Crippen LogP contribution in [0.2, 0.25) is 0 Å². The molecule has 41 heavy (non-hydrogen) atoms. The van der Waals surface area contributed by atoms with Crippen LogP contribution in [0.15, 0.2) is 47.5 Å². The minimum Gasteiger partial charge on any atom is -0.452 e. The Bertz CT molecular complexity index is 1780. The summed E-state index contributed by atoms with van der Waals surface area (Å²) in [5.74, 6) is -2.09. The number of alkyl halides is 3. The standard InChI is InChI=1S/C27H23F3N6O4S/c1-14-23(17-2-5-32-11-21(17)41-14)20-8-18-19(10-33-25(31)24(18)40-20)15-9-34-36(12-15)16-3-6-35(7-4-16)22(37)13-39-26(38)27(28,29)30/h2,5,8-12,16H,3-4,6-7,13H2,1H3,(H2,31,33). The third kappa shape index (κ3) is 4.99. The molecule has 2 N–H and O–H groups in total. The number of carbonyl (C=O) groups is 2. The minimum atomic E-state index is -5.14. The topological polar surface area (TPSA) is 129 Å². The number of hydrogen-bond acceptors (Lipinski definition) is 9. The molecule has 0 saturated carbocycles. The number of fused-ring (bicyclic) bond motifs is 2. The third-order valence-electron chi connectivity index (χ3n) is 7.16. The Morgan fingerprint density at radius 2 is 1.98 bits per heavy atom. The SMILES string of the molecule is Cc1sc2cnccc2c1-c1cc2c(-c3cnn(C4CCN(C(=O)COC(=O)C(F)(F)F)CC4)c3)cnc(N)c2o1. The van der Waals surface area contributed by atoms with Crippen molar-refractivity contribution in [2.45, 2.75) is 32.0 Å². The summed E-state index contributed by atoms with van der Waals surface area (Å²) in [7, 11) is 0. The number of halogens is 3. The van der Waals surface area contributed by atoms with Gasteiger partial charge in [-0.05, 0) is 31.9 Å². The van der Waals surface area contributed by atoms with E-state index in [9.17, 15) is 22.8 Å². The Morgan fingerprint density at radius 3 is 2.73 bits per heavy atom. The van der Waals surface area contributed by atoms with Gasteiger partial charge < -0.3 is 19.8 Å². The summed E-state index contributed by atoms with van der Waals surface area (Å²) in [5, 5.41) is 6.38. The van der Waals surface area contributed by atoms with Gasteiger partial charge in [0.1, 0.15) is 5.76 Å². The lowest BCUT2D eigenvalue weighted by atomic mass is 10.0. The van der Waals surface area contributed by atoms with E-state index in [4.69, 9.17) is 10.2 Å². The van der Waals surface area contributed by atoms with Crippen LogP contribution in [0.1, 0.15) is 23.8 Å². The number of nitrogen functional groups attached to an aromatic ring is 1. The van der Waals surface area contributed by atoms with Gasteiger partial charge in [-0.2, -0.15) is 18.3 Å². The number of likely N-dealkylation sites (tertiary alicyclic amines) is 1. The fourth-order valence-electron chi connectivity index (χ4n) is 5.13. The summed E-state index contributed by atoms with van der Waals surface area (Å²) in [6, 6.07) is 3.89. The van der Waals surface area contributed by atoms with E-state index in [0.29, 0.717) is 37.3 Å². The second kappa shape index (κ2) is 10.2. The van der Waals surface area contributed by atoms with Crippen LogP contribution in [0.4, 0.5) is 19.0 Å². The summed E-state index contributed by atoms with van der Waals surface area (Å²) in [5.41, 5.74) is 9.27. The van der Waals surface area contributed by atoms with E-state index in [-0.39, 0.29) is 11.9 Å². The molecule has 10 nitrogen and oxygen atoms in total. The van der Waals surface area contributed by atoms with Crippen molar-refractivity contribution in [3.8, 4) is 22.5 Å². The molecule has 0 aromatic carbocycles. The van der Waals surface area contributed by atoms with Crippen molar-refractivity contribution in [2.24, 2.45) is 0 Å². The maximum Gasteiger partial charge on any atom is 0.490 e. The second-order valence-corrected chi connectivity index (χ2v) is 11.0. The van der Waals surface area contributed by atoms with Crippen molar-refractivity contribution in [3.63, 3.8) is 0 Å². The first-order chi connectivity index (χ1) is 19.6. The molecule has 212 valence electrons. The largest absolute Gasteiger partial charge is 0.490 e. The number of aromatic nitrogens is 4. The first-order valence-corrected chi connectivity index (χ1v) is 13.5. The number of anilines is 1. The molecule has 1 saturated heterocycles. The van der Waals surface area contributed by atoms with Gasteiger partial charge in [-0.25, -0.2) is 9.78 Å². The number of esters is 1. The van der Waals surface area contributed by atoms with Crippen LogP contribution in [0.5, 0.6) is 0 Å². The van der Waals surface area contributed by atoms with Crippen molar-refractivity contribution < 1.29 is 31.9 Å². The molecule has 1 fully saturated rings. The summed E-state index contributed by atoms with van der Waals surface area (Å²) in [6.07, 6.45) is 4.81. The lowest BCUT2D eigenvalue weighted by Crippen LogP contribution is -2.42. The molecule has 6 rings (SSSR count). The zero-order chi connectivity index (χ0) is 28.9. The summed E-state index contributed by atoms with van der Waals surface area (Å²) in [4.78, 5) is 34.2. The van der Waals surface area contributed by atoms with Gasteiger partial charge in [-0.3, -0.25) is 14.5 Å². The predicted octanol–water partition coefficient (Wildman–Crippen LogP) is 5.13. The minimum absolute atomic E-state index is 0.0314. The van der Waals surface area contributed by atoms with Gasteiger partial charge in [0.2, 0.25) is 0 Å². The fraction of sp³-hybridized carbons (Fsp3) is 0.296. The normalized spacial score (nSPS) is 14.7. The molecule has 5 aromatic heterocycles.